The number of esters is 1. The third-order valence-corrected chi connectivity index (χ3v) is 5.32. The van der Waals surface area contributed by atoms with E-state index in [1.807, 2.05) is 16.8 Å². The van der Waals surface area contributed by atoms with Gasteiger partial charge in [0, 0.05) is 18.4 Å². The van der Waals surface area contributed by atoms with E-state index in [2.05, 4.69) is 10.3 Å². The Labute approximate surface area is 170 Å². The summed E-state index contributed by atoms with van der Waals surface area (Å²) in [4.78, 5) is 28.8. The third-order valence-electron chi connectivity index (χ3n) is 5.32. The number of hydrogen-bond acceptors (Lipinski definition) is 6. The predicted molar refractivity (Wildman–Crippen MR) is 108 cm³/mol. The van der Waals surface area contributed by atoms with Crippen LogP contribution in [0.5, 0.6) is 5.88 Å². The van der Waals surface area contributed by atoms with Crippen molar-refractivity contribution in [2.75, 3.05) is 7.11 Å². The number of alkyl carbamates (subject to hydrolysis) is 1. The van der Waals surface area contributed by atoms with Crippen LogP contribution in [0.15, 0.2) is 24.5 Å². The highest BCUT2D eigenvalue weighted by Gasteiger charge is 2.36. The highest BCUT2D eigenvalue weighted by Crippen LogP contribution is 2.38. The quantitative estimate of drug-likeness (QED) is 0.757. The van der Waals surface area contributed by atoms with Crippen LogP contribution >= 0.6 is 0 Å². The summed E-state index contributed by atoms with van der Waals surface area (Å²) in [5, 5.41) is 14.0. The zero-order valence-electron chi connectivity index (χ0n) is 17.3. The molecule has 2 aromatic rings. The molecule has 0 aromatic carbocycles. The van der Waals surface area contributed by atoms with Gasteiger partial charge in [0.1, 0.15) is 11.6 Å². The fourth-order valence-corrected chi connectivity index (χ4v) is 3.96. The van der Waals surface area contributed by atoms with Crippen molar-refractivity contribution in [2.24, 2.45) is 5.92 Å². The number of nitrogens with one attached hydrogen (secondary N) is 1. The third kappa shape index (κ3) is 4.81. The Morgan fingerprint density at radius 3 is 2.55 bits per heavy atom. The number of fused-ring (bicyclic) bond motifs is 1. The topological polar surface area (TPSA) is 103 Å². The number of ether oxygens (including phenoxy) is 2. The van der Waals surface area contributed by atoms with Gasteiger partial charge in [0.05, 0.1) is 18.0 Å². The number of pyridine rings is 1. The zero-order valence-corrected chi connectivity index (χ0v) is 17.3. The molecule has 29 heavy (non-hydrogen) atoms. The molecule has 2 heterocycles. The number of aromatic hydroxyl groups is 1. The zero-order chi connectivity index (χ0) is 21.2. The van der Waals surface area contributed by atoms with Gasteiger partial charge >= 0.3 is 12.1 Å². The van der Waals surface area contributed by atoms with Crippen LogP contribution in [-0.4, -0.2) is 45.5 Å². The van der Waals surface area contributed by atoms with E-state index in [0.29, 0.717) is 12.8 Å². The number of amides is 1. The number of carbonyl (C=O) groups excluding carboxylic acids is 2. The molecule has 1 aliphatic carbocycles. The van der Waals surface area contributed by atoms with E-state index in [4.69, 9.17) is 9.47 Å². The maximum Gasteiger partial charge on any atom is 0.408 e. The van der Waals surface area contributed by atoms with Crippen molar-refractivity contribution in [2.45, 2.75) is 64.1 Å². The largest absolute Gasteiger partial charge is 0.494 e. The summed E-state index contributed by atoms with van der Waals surface area (Å²) >= 11 is 0. The molecular weight excluding hydrogens is 374 g/mol. The van der Waals surface area contributed by atoms with E-state index >= 15 is 0 Å². The van der Waals surface area contributed by atoms with E-state index in [-0.39, 0.29) is 17.8 Å². The molecule has 1 aliphatic rings. The van der Waals surface area contributed by atoms with Gasteiger partial charge in [-0.05, 0) is 64.5 Å². The molecule has 0 unspecified atom stereocenters. The second-order valence-corrected chi connectivity index (χ2v) is 8.51. The van der Waals surface area contributed by atoms with E-state index in [1.54, 1.807) is 33.0 Å². The summed E-state index contributed by atoms with van der Waals surface area (Å²) in [7, 11) is 1.31. The summed E-state index contributed by atoms with van der Waals surface area (Å²) in [6, 6.07) is 3.00. The van der Waals surface area contributed by atoms with Crippen molar-refractivity contribution in [3.8, 4) is 5.88 Å². The Morgan fingerprint density at radius 1 is 1.28 bits per heavy atom. The lowest BCUT2D eigenvalue weighted by Crippen LogP contribution is -2.49. The van der Waals surface area contributed by atoms with Crippen molar-refractivity contribution in [1.82, 2.24) is 14.9 Å². The fraction of sp³-hybridized carbons (Fsp3) is 0.571. The smallest absolute Gasteiger partial charge is 0.408 e. The highest BCUT2D eigenvalue weighted by molar-refractivity contribution is 5.84. The van der Waals surface area contributed by atoms with E-state index in [0.717, 1.165) is 23.7 Å². The van der Waals surface area contributed by atoms with Gasteiger partial charge in [0.15, 0.2) is 0 Å². The molecule has 8 nitrogen and oxygen atoms in total. The Bertz CT molecular complexity index is 878. The van der Waals surface area contributed by atoms with Crippen molar-refractivity contribution >= 4 is 23.0 Å². The molecule has 0 saturated heterocycles. The second-order valence-electron chi connectivity index (χ2n) is 8.51. The van der Waals surface area contributed by atoms with E-state index in [9.17, 15) is 14.7 Å². The lowest BCUT2D eigenvalue weighted by Gasteiger charge is -2.34. The Kier molecular flexibility index (Phi) is 6.00. The van der Waals surface area contributed by atoms with Gasteiger partial charge in [-0.1, -0.05) is 0 Å². The standard InChI is InChI=1S/C21H29N3O5/c1-21(2,3)29-20(27)23-17(19(26)28-4)13-7-9-14(10-8-13)24-12-16-15(18(24)25)6-5-11-22-16/h5-6,11-14,17,25H,7-10H2,1-4H3,(H,23,27)/t13?,14?,17-/m0/s1. The van der Waals surface area contributed by atoms with Crippen LogP contribution < -0.4 is 5.32 Å². The Balaban J connectivity index is 1.68. The van der Waals surface area contributed by atoms with E-state index < -0.39 is 23.7 Å². The summed E-state index contributed by atoms with van der Waals surface area (Å²) in [6.07, 6.45) is 5.89. The van der Waals surface area contributed by atoms with Crippen LogP contribution in [0.3, 0.4) is 0 Å². The molecule has 1 saturated carbocycles. The first-order valence-corrected chi connectivity index (χ1v) is 9.91. The van der Waals surface area contributed by atoms with Crippen LogP contribution in [0.4, 0.5) is 4.79 Å². The number of aromatic nitrogens is 2. The van der Waals surface area contributed by atoms with Crippen LogP contribution in [0.25, 0.3) is 10.9 Å². The van der Waals surface area contributed by atoms with Gasteiger partial charge in [-0.3, -0.25) is 4.98 Å². The fourth-order valence-electron chi connectivity index (χ4n) is 3.96. The lowest BCUT2D eigenvalue weighted by molar-refractivity contribution is -0.145. The molecule has 158 valence electrons. The number of methoxy groups -OCH3 is 1. The van der Waals surface area contributed by atoms with Crippen LogP contribution in [0.1, 0.15) is 52.5 Å². The molecule has 0 radical (unpaired) electrons. The number of hydrogen-bond donors (Lipinski definition) is 2. The molecule has 1 atom stereocenters. The molecule has 0 bridgehead atoms. The van der Waals surface area contributed by atoms with Gasteiger partial charge in [0.25, 0.3) is 0 Å². The first-order valence-electron chi connectivity index (χ1n) is 9.91. The maximum absolute atomic E-state index is 12.3. The van der Waals surface area contributed by atoms with Crippen molar-refractivity contribution < 1.29 is 24.2 Å². The second kappa shape index (κ2) is 8.31. The lowest BCUT2D eigenvalue weighted by atomic mass is 9.81. The van der Waals surface area contributed by atoms with Crippen molar-refractivity contribution in [1.29, 1.82) is 0 Å². The molecule has 0 spiro atoms. The first-order chi connectivity index (χ1) is 13.7. The van der Waals surface area contributed by atoms with Crippen LogP contribution in [0.2, 0.25) is 0 Å². The molecule has 1 amide bonds. The monoisotopic (exact) mass is 403 g/mol. The van der Waals surface area contributed by atoms with Crippen molar-refractivity contribution in [3.05, 3.63) is 24.5 Å². The SMILES string of the molecule is COC(=O)[C@@H](NC(=O)OC(C)(C)C)C1CCC(n2cc3ncccc3c2O)CC1. The maximum atomic E-state index is 12.3. The summed E-state index contributed by atoms with van der Waals surface area (Å²) < 4.78 is 12.1. The molecule has 8 heteroatoms. The number of rotatable bonds is 4. The minimum absolute atomic E-state index is 0.0588. The van der Waals surface area contributed by atoms with Gasteiger partial charge in [-0.15, -0.1) is 0 Å². The molecule has 2 N–H and O–H groups in total. The van der Waals surface area contributed by atoms with Gasteiger partial charge in [-0.25, -0.2) is 9.59 Å². The number of nitrogens with zero attached hydrogens (tertiary/aromatic N) is 2. The predicted octanol–water partition coefficient (Wildman–Crippen LogP) is 3.54. The summed E-state index contributed by atoms with van der Waals surface area (Å²) in [5.41, 5.74) is 0.107. The van der Waals surface area contributed by atoms with Crippen LogP contribution in [0, 0.1) is 5.92 Å². The molecule has 0 aliphatic heterocycles. The normalized spacial score (nSPS) is 20.8. The minimum atomic E-state index is -0.755. The summed E-state index contributed by atoms with van der Waals surface area (Å²) in [6.45, 7) is 5.31. The van der Waals surface area contributed by atoms with Gasteiger partial charge < -0.3 is 24.5 Å². The van der Waals surface area contributed by atoms with Gasteiger partial charge in [-0.2, -0.15) is 0 Å². The van der Waals surface area contributed by atoms with Crippen molar-refractivity contribution in [3.63, 3.8) is 0 Å². The highest BCUT2D eigenvalue weighted by atomic mass is 16.6. The minimum Gasteiger partial charge on any atom is -0.494 e. The molecule has 3 rings (SSSR count). The Morgan fingerprint density at radius 2 is 1.97 bits per heavy atom. The molecule has 1 fully saturated rings. The first kappa shape index (κ1) is 21.0. The average molecular weight is 403 g/mol. The molecule has 2 aromatic heterocycles. The average Bonchev–Trinajstić information content (AvgIpc) is 3.01. The van der Waals surface area contributed by atoms with Crippen LogP contribution in [-0.2, 0) is 14.3 Å². The van der Waals surface area contributed by atoms with Gasteiger partial charge in [0.2, 0.25) is 5.88 Å². The van der Waals surface area contributed by atoms with E-state index in [1.165, 1.54) is 7.11 Å². The number of carbonyl (C=O) groups is 2. The molecular formula is C21H29N3O5. The Hall–Kier alpha value is -2.77. The summed E-state index contributed by atoms with van der Waals surface area (Å²) in [5.74, 6) is -0.317.